The van der Waals surface area contributed by atoms with Crippen molar-refractivity contribution in [1.29, 1.82) is 0 Å². The Hall–Kier alpha value is -2.54. The number of carbonyl (C=O) groups is 2. The van der Waals surface area contributed by atoms with E-state index in [2.05, 4.69) is 4.90 Å². The summed E-state index contributed by atoms with van der Waals surface area (Å²) in [5.74, 6) is -0.898. The minimum Gasteiger partial charge on any atom is -0.462 e. The summed E-state index contributed by atoms with van der Waals surface area (Å²) in [5.41, 5.74) is 2.57. The lowest BCUT2D eigenvalue weighted by Crippen LogP contribution is -2.44. The minimum atomic E-state index is -0.418. The highest BCUT2D eigenvalue weighted by Gasteiger charge is 2.39. The number of ketones is 1. The molecular weight excluding hydrogens is 382 g/mol. The maximum Gasteiger partial charge on any atom is 0.338 e. The predicted molar refractivity (Wildman–Crippen MR) is 111 cm³/mol. The second-order valence-corrected chi connectivity index (χ2v) is 7.71. The molecule has 2 aliphatic heterocycles. The van der Waals surface area contributed by atoms with E-state index in [1.165, 1.54) is 0 Å². The molecule has 6 nitrogen and oxygen atoms in total. The number of esters is 1. The van der Waals surface area contributed by atoms with Crippen LogP contribution in [0.25, 0.3) is 0 Å². The van der Waals surface area contributed by atoms with E-state index in [9.17, 15) is 9.59 Å². The fraction of sp³-hybridized carbons (Fsp3) is 0.417. The van der Waals surface area contributed by atoms with E-state index >= 15 is 0 Å². The average Bonchev–Trinajstić information content (AvgIpc) is 3.23. The molecule has 0 bridgehead atoms. The average molecular weight is 409 g/mol. The van der Waals surface area contributed by atoms with Crippen LogP contribution in [0.5, 0.6) is 0 Å². The van der Waals surface area contributed by atoms with Gasteiger partial charge in [-0.15, -0.1) is 0 Å². The van der Waals surface area contributed by atoms with Crippen molar-refractivity contribution in [2.45, 2.75) is 32.1 Å². The number of nitrogens with zero attached hydrogens (tertiary/aromatic N) is 1. The quantitative estimate of drug-likeness (QED) is 0.538. The third-order valence-corrected chi connectivity index (χ3v) is 5.66. The Kier molecular flexibility index (Phi) is 6.27. The minimum absolute atomic E-state index is 0.103. The highest BCUT2D eigenvalue weighted by molar-refractivity contribution is 6.10. The summed E-state index contributed by atoms with van der Waals surface area (Å²) in [6, 6.07) is 14.4. The van der Waals surface area contributed by atoms with Crippen molar-refractivity contribution in [1.82, 2.24) is 4.90 Å². The number of benzene rings is 2. The van der Waals surface area contributed by atoms with E-state index in [1.807, 2.05) is 24.3 Å². The van der Waals surface area contributed by atoms with Gasteiger partial charge in [0.25, 0.3) is 0 Å². The van der Waals surface area contributed by atoms with Crippen molar-refractivity contribution < 1.29 is 23.8 Å². The molecule has 30 heavy (non-hydrogen) atoms. The monoisotopic (exact) mass is 409 g/mol. The summed E-state index contributed by atoms with van der Waals surface area (Å²) >= 11 is 0. The highest BCUT2D eigenvalue weighted by atomic mass is 16.7. The van der Waals surface area contributed by atoms with Crippen LogP contribution in [0, 0.1) is 0 Å². The third-order valence-electron chi connectivity index (χ3n) is 5.66. The van der Waals surface area contributed by atoms with Crippen LogP contribution in [0.2, 0.25) is 0 Å². The summed E-state index contributed by atoms with van der Waals surface area (Å²) in [5, 5.41) is 0. The zero-order chi connectivity index (χ0) is 21.0. The molecule has 2 heterocycles. The van der Waals surface area contributed by atoms with Crippen LogP contribution in [0.4, 0.5) is 0 Å². The van der Waals surface area contributed by atoms with E-state index in [0.29, 0.717) is 36.5 Å². The van der Waals surface area contributed by atoms with E-state index in [-0.39, 0.29) is 11.6 Å². The van der Waals surface area contributed by atoms with Crippen LogP contribution < -0.4 is 0 Å². The van der Waals surface area contributed by atoms with Gasteiger partial charge in [-0.2, -0.15) is 0 Å². The lowest BCUT2D eigenvalue weighted by atomic mass is 9.99. The summed E-state index contributed by atoms with van der Waals surface area (Å²) in [4.78, 5) is 27.3. The molecule has 2 aromatic rings. The van der Waals surface area contributed by atoms with Crippen molar-refractivity contribution in [2.75, 3.05) is 32.9 Å². The summed E-state index contributed by atoms with van der Waals surface area (Å²) in [7, 11) is 0. The fourth-order valence-electron chi connectivity index (χ4n) is 4.08. The number of piperidine rings is 1. The van der Waals surface area contributed by atoms with Crippen molar-refractivity contribution in [3.05, 3.63) is 70.8 Å². The van der Waals surface area contributed by atoms with Crippen LogP contribution in [0.3, 0.4) is 0 Å². The second kappa shape index (κ2) is 9.08. The molecule has 0 N–H and O–H groups in total. The molecule has 0 amide bonds. The maximum absolute atomic E-state index is 13.0. The predicted octanol–water partition coefficient (Wildman–Crippen LogP) is 3.43. The van der Waals surface area contributed by atoms with Crippen LogP contribution in [-0.4, -0.2) is 55.3 Å². The zero-order valence-electron chi connectivity index (χ0n) is 17.3. The van der Waals surface area contributed by atoms with Gasteiger partial charge in [0, 0.05) is 43.6 Å². The SMILES string of the molecule is CCOC(=O)c1cccc(C(=O)c2cccc(CN3CCC4(CC3)OCCO4)c2)c1. The summed E-state index contributed by atoms with van der Waals surface area (Å²) < 4.78 is 16.6. The molecule has 2 fully saturated rings. The van der Waals surface area contributed by atoms with E-state index in [4.69, 9.17) is 14.2 Å². The van der Waals surface area contributed by atoms with E-state index < -0.39 is 5.97 Å². The maximum atomic E-state index is 13.0. The molecule has 0 aromatic heterocycles. The molecule has 2 saturated heterocycles. The normalized spacial score (nSPS) is 18.4. The topological polar surface area (TPSA) is 65.1 Å². The van der Waals surface area contributed by atoms with Crippen LogP contribution in [0.1, 0.15) is 51.6 Å². The number of rotatable bonds is 6. The molecule has 2 aromatic carbocycles. The molecule has 2 aliphatic rings. The van der Waals surface area contributed by atoms with Crippen molar-refractivity contribution in [3.8, 4) is 0 Å². The van der Waals surface area contributed by atoms with E-state index in [0.717, 1.165) is 38.0 Å². The molecule has 158 valence electrons. The standard InChI is InChI=1S/C24H27NO5/c1-2-28-23(27)21-8-4-7-20(16-21)22(26)19-6-3-5-18(15-19)17-25-11-9-24(10-12-25)29-13-14-30-24/h3-8,15-16H,2,9-14,17H2,1H3. The fourth-order valence-corrected chi connectivity index (χ4v) is 4.08. The van der Waals surface area contributed by atoms with Gasteiger partial charge in [-0.3, -0.25) is 9.69 Å². The zero-order valence-corrected chi connectivity index (χ0v) is 17.3. The molecule has 0 atom stereocenters. The Bertz CT molecular complexity index is 909. The molecule has 0 unspecified atom stereocenters. The van der Waals surface area contributed by atoms with Crippen molar-refractivity contribution in [3.63, 3.8) is 0 Å². The number of hydrogen-bond acceptors (Lipinski definition) is 6. The number of likely N-dealkylation sites (tertiary alicyclic amines) is 1. The van der Waals surface area contributed by atoms with Crippen LogP contribution in [0.15, 0.2) is 48.5 Å². The van der Waals surface area contributed by atoms with Gasteiger partial charge in [0.2, 0.25) is 0 Å². The first-order valence-corrected chi connectivity index (χ1v) is 10.5. The van der Waals surface area contributed by atoms with Gasteiger partial charge in [-0.1, -0.05) is 30.3 Å². The van der Waals surface area contributed by atoms with Crippen molar-refractivity contribution in [2.24, 2.45) is 0 Å². The van der Waals surface area contributed by atoms with Gasteiger partial charge in [0.1, 0.15) is 0 Å². The molecule has 4 rings (SSSR count). The van der Waals surface area contributed by atoms with Crippen molar-refractivity contribution >= 4 is 11.8 Å². The first kappa shape index (κ1) is 20.7. The summed E-state index contributed by atoms with van der Waals surface area (Å²) in [6.07, 6.45) is 1.73. The molecule has 1 spiro atoms. The Morgan fingerprint density at radius 2 is 1.60 bits per heavy atom. The van der Waals surface area contributed by atoms with Crippen LogP contribution in [-0.2, 0) is 20.8 Å². The first-order chi connectivity index (χ1) is 14.6. The van der Waals surface area contributed by atoms with Crippen LogP contribution >= 0.6 is 0 Å². The molecule has 0 radical (unpaired) electrons. The Balaban J connectivity index is 1.42. The molecule has 0 aliphatic carbocycles. The van der Waals surface area contributed by atoms with E-state index in [1.54, 1.807) is 31.2 Å². The second-order valence-electron chi connectivity index (χ2n) is 7.71. The Morgan fingerprint density at radius 1 is 0.967 bits per heavy atom. The Labute approximate surface area is 176 Å². The number of carbonyl (C=O) groups excluding carboxylic acids is 2. The Morgan fingerprint density at radius 3 is 2.30 bits per heavy atom. The number of ether oxygens (including phenoxy) is 3. The van der Waals surface area contributed by atoms with Gasteiger partial charge in [-0.25, -0.2) is 4.79 Å². The van der Waals surface area contributed by atoms with Gasteiger partial charge in [0.05, 0.1) is 25.4 Å². The molecular formula is C24H27NO5. The number of hydrogen-bond donors (Lipinski definition) is 0. The van der Waals surface area contributed by atoms with Gasteiger partial charge in [-0.05, 0) is 30.7 Å². The van der Waals surface area contributed by atoms with Gasteiger partial charge >= 0.3 is 5.97 Å². The lowest BCUT2D eigenvalue weighted by molar-refractivity contribution is -0.185. The highest BCUT2D eigenvalue weighted by Crippen LogP contribution is 2.31. The molecule has 0 saturated carbocycles. The molecule has 6 heteroatoms. The largest absolute Gasteiger partial charge is 0.462 e. The smallest absolute Gasteiger partial charge is 0.338 e. The summed E-state index contributed by atoms with van der Waals surface area (Å²) in [6.45, 7) is 6.01. The lowest BCUT2D eigenvalue weighted by Gasteiger charge is -2.37. The van der Waals surface area contributed by atoms with Gasteiger partial charge in [0.15, 0.2) is 11.6 Å². The first-order valence-electron chi connectivity index (χ1n) is 10.5. The third kappa shape index (κ3) is 4.61. The van der Waals surface area contributed by atoms with Gasteiger partial charge < -0.3 is 14.2 Å².